The van der Waals surface area contributed by atoms with Crippen molar-refractivity contribution < 1.29 is 4.74 Å². The lowest BCUT2D eigenvalue weighted by molar-refractivity contribution is 0.0465. The molecule has 1 saturated heterocycles. The Morgan fingerprint density at radius 3 is 2.86 bits per heavy atom. The van der Waals surface area contributed by atoms with Gasteiger partial charge in [0.2, 0.25) is 0 Å². The standard InChI is InChI=1S/C18H24N2O/c1-13-2-7-17(21-13)12-20-9-8-15-4-3-14(10-18(15)20)11-19-16-5-6-16/h3-4,8-10,13,16-17,19H,2,5-7,11-12H2,1H3. The van der Waals surface area contributed by atoms with Gasteiger partial charge in [0.25, 0.3) is 0 Å². The summed E-state index contributed by atoms with van der Waals surface area (Å²) in [6, 6.07) is 9.81. The summed E-state index contributed by atoms with van der Waals surface area (Å²) in [5.74, 6) is 0. The Hall–Kier alpha value is -1.32. The molecular weight excluding hydrogens is 260 g/mol. The first-order chi connectivity index (χ1) is 10.3. The molecule has 4 rings (SSSR count). The topological polar surface area (TPSA) is 26.2 Å². The van der Waals surface area contributed by atoms with Crippen molar-refractivity contribution in [1.29, 1.82) is 0 Å². The quantitative estimate of drug-likeness (QED) is 0.910. The minimum absolute atomic E-state index is 0.379. The molecule has 3 nitrogen and oxygen atoms in total. The zero-order valence-electron chi connectivity index (χ0n) is 12.7. The fourth-order valence-corrected chi connectivity index (χ4v) is 3.29. The Balaban J connectivity index is 1.52. The molecule has 0 bridgehead atoms. The number of hydrogen-bond donors (Lipinski definition) is 1. The van der Waals surface area contributed by atoms with Crippen molar-refractivity contribution in [3.8, 4) is 0 Å². The van der Waals surface area contributed by atoms with Gasteiger partial charge < -0.3 is 14.6 Å². The Labute approximate surface area is 126 Å². The predicted molar refractivity (Wildman–Crippen MR) is 85.4 cm³/mol. The summed E-state index contributed by atoms with van der Waals surface area (Å²) in [5, 5.41) is 4.92. The molecule has 0 spiro atoms. The van der Waals surface area contributed by atoms with E-state index in [-0.39, 0.29) is 0 Å². The van der Waals surface area contributed by atoms with Gasteiger partial charge in [0.1, 0.15) is 0 Å². The largest absolute Gasteiger partial charge is 0.373 e. The number of benzene rings is 1. The highest BCUT2D eigenvalue weighted by Crippen LogP contribution is 2.24. The van der Waals surface area contributed by atoms with Gasteiger partial charge in [-0.3, -0.25) is 0 Å². The van der Waals surface area contributed by atoms with E-state index >= 15 is 0 Å². The van der Waals surface area contributed by atoms with Crippen LogP contribution in [0.4, 0.5) is 0 Å². The number of hydrogen-bond acceptors (Lipinski definition) is 2. The van der Waals surface area contributed by atoms with Gasteiger partial charge in [-0.15, -0.1) is 0 Å². The molecule has 112 valence electrons. The zero-order valence-corrected chi connectivity index (χ0v) is 12.7. The van der Waals surface area contributed by atoms with E-state index in [1.165, 1.54) is 42.1 Å². The number of rotatable bonds is 5. The molecule has 0 amide bonds. The van der Waals surface area contributed by atoms with Gasteiger partial charge in [-0.25, -0.2) is 0 Å². The molecule has 1 aliphatic carbocycles. The molecule has 1 aromatic carbocycles. The van der Waals surface area contributed by atoms with Crippen molar-refractivity contribution in [2.45, 2.75) is 63.9 Å². The summed E-state index contributed by atoms with van der Waals surface area (Å²) in [6.07, 6.45) is 8.07. The summed E-state index contributed by atoms with van der Waals surface area (Å²) in [4.78, 5) is 0. The molecule has 1 aliphatic heterocycles. The van der Waals surface area contributed by atoms with Crippen LogP contribution in [0.1, 0.15) is 38.2 Å². The Morgan fingerprint density at radius 2 is 2.10 bits per heavy atom. The van der Waals surface area contributed by atoms with Crippen LogP contribution in [0.5, 0.6) is 0 Å². The van der Waals surface area contributed by atoms with Crippen LogP contribution in [0.2, 0.25) is 0 Å². The van der Waals surface area contributed by atoms with Gasteiger partial charge in [0.05, 0.1) is 12.2 Å². The van der Waals surface area contributed by atoms with E-state index in [2.05, 4.69) is 47.3 Å². The summed E-state index contributed by atoms with van der Waals surface area (Å²) >= 11 is 0. The van der Waals surface area contributed by atoms with E-state index in [9.17, 15) is 0 Å². The smallest absolute Gasteiger partial charge is 0.0758 e. The van der Waals surface area contributed by atoms with Gasteiger partial charge in [0, 0.05) is 30.8 Å². The normalized spacial score (nSPS) is 25.8. The van der Waals surface area contributed by atoms with E-state index in [0.717, 1.165) is 19.1 Å². The molecular formula is C18H24N2O. The third-order valence-corrected chi connectivity index (χ3v) is 4.73. The molecule has 0 radical (unpaired) electrons. The van der Waals surface area contributed by atoms with E-state index in [1.807, 2.05) is 0 Å². The van der Waals surface area contributed by atoms with Crippen molar-refractivity contribution in [1.82, 2.24) is 9.88 Å². The lowest BCUT2D eigenvalue weighted by Gasteiger charge is -2.13. The summed E-state index contributed by atoms with van der Waals surface area (Å²) < 4.78 is 8.33. The SMILES string of the molecule is CC1CCC(Cn2ccc3ccc(CNC4CC4)cc32)O1. The predicted octanol–water partition coefficient (Wildman–Crippen LogP) is 3.46. The molecule has 21 heavy (non-hydrogen) atoms. The van der Waals surface area contributed by atoms with Crippen LogP contribution in [0.25, 0.3) is 10.9 Å². The van der Waals surface area contributed by atoms with Gasteiger partial charge >= 0.3 is 0 Å². The molecule has 1 N–H and O–H groups in total. The molecule has 2 aromatic rings. The first-order valence-corrected chi connectivity index (χ1v) is 8.24. The maximum atomic E-state index is 5.97. The van der Waals surface area contributed by atoms with Crippen molar-refractivity contribution in [3.05, 3.63) is 36.0 Å². The van der Waals surface area contributed by atoms with Crippen molar-refractivity contribution in [2.24, 2.45) is 0 Å². The fourth-order valence-electron chi connectivity index (χ4n) is 3.29. The van der Waals surface area contributed by atoms with E-state index < -0.39 is 0 Å². The third kappa shape index (κ3) is 2.99. The summed E-state index contributed by atoms with van der Waals surface area (Å²) in [5.41, 5.74) is 2.73. The van der Waals surface area contributed by atoms with Crippen molar-refractivity contribution in [2.75, 3.05) is 0 Å². The number of aromatic nitrogens is 1. The molecule has 1 saturated carbocycles. The van der Waals surface area contributed by atoms with Gasteiger partial charge in [0.15, 0.2) is 0 Å². The van der Waals surface area contributed by atoms with Crippen LogP contribution in [-0.2, 0) is 17.8 Å². The molecule has 3 heteroatoms. The highest BCUT2D eigenvalue weighted by Gasteiger charge is 2.22. The van der Waals surface area contributed by atoms with Crippen LogP contribution in [0.15, 0.2) is 30.5 Å². The zero-order chi connectivity index (χ0) is 14.2. The molecule has 2 fully saturated rings. The van der Waals surface area contributed by atoms with E-state index in [4.69, 9.17) is 4.74 Å². The number of ether oxygens (including phenoxy) is 1. The van der Waals surface area contributed by atoms with Crippen molar-refractivity contribution >= 4 is 10.9 Å². The number of fused-ring (bicyclic) bond motifs is 1. The summed E-state index contributed by atoms with van der Waals surface area (Å²) in [7, 11) is 0. The lowest BCUT2D eigenvalue weighted by atomic mass is 10.1. The second-order valence-electron chi connectivity index (χ2n) is 6.66. The highest BCUT2D eigenvalue weighted by atomic mass is 16.5. The maximum absolute atomic E-state index is 5.97. The Morgan fingerprint density at radius 1 is 1.19 bits per heavy atom. The van der Waals surface area contributed by atoms with Crippen LogP contribution in [0, 0.1) is 0 Å². The molecule has 2 aliphatic rings. The molecule has 1 aromatic heterocycles. The van der Waals surface area contributed by atoms with Crippen LogP contribution in [0.3, 0.4) is 0 Å². The molecule has 2 atom stereocenters. The average molecular weight is 284 g/mol. The Bertz CT molecular complexity index is 629. The van der Waals surface area contributed by atoms with Crippen LogP contribution >= 0.6 is 0 Å². The van der Waals surface area contributed by atoms with E-state index in [0.29, 0.717) is 12.2 Å². The molecule has 2 heterocycles. The maximum Gasteiger partial charge on any atom is 0.0758 e. The number of nitrogens with zero attached hydrogens (tertiary/aromatic N) is 1. The van der Waals surface area contributed by atoms with Gasteiger partial charge in [-0.1, -0.05) is 12.1 Å². The average Bonchev–Trinajstić information content (AvgIpc) is 3.12. The van der Waals surface area contributed by atoms with E-state index in [1.54, 1.807) is 0 Å². The van der Waals surface area contributed by atoms with Gasteiger partial charge in [-0.2, -0.15) is 0 Å². The van der Waals surface area contributed by atoms with Gasteiger partial charge in [-0.05, 0) is 55.7 Å². The number of nitrogens with one attached hydrogen (secondary N) is 1. The van der Waals surface area contributed by atoms with Crippen LogP contribution < -0.4 is 5.32 Å². The monoisotopic (exact) mass is 284 g/mol. The third-order valence-electron chi connectivity index (χ3n) is 4.73. The van der Waals surface area contributed by atoms with Crippen molar-refractivity contribution in [3.63, 3.8) is 0 Å². The van der Waals surface area contributed by atoms with Crippen LogP contribution in [-0.4, -0.2) is 22.8 Å². The highest BCUT2D eigenvalue weighted by molar-refractivity contribution is 5.80. The Kier molecular flexibility index (Phi) is 3.48. The first-order valence-electron chi connectivity index (χ1n) is 8.24. The summed E-state index contributed by atoms with van der Waals surface area (Å²) in [6.45, 7) is 4.14. The first kappa shape index (κ1) is 13.4. The minimum Gasteiger partial charge on any atom is -0.373 e. The molecule has 2 unspecified atom stereocenters. The lowest BCUT2D eigenvalue weighted by Crippen LogP contribution is -2.16. The minimum atomic E-state index is 0.379. The second-order valence-corrected chi connectivity index (χ2v) is 6.66. The second kappa shape index (κ2) is 5.47. The fraction of sp³-hybridized carbons (Fsp3) is 0.556.